The fraction of sp³-hybridized carbons (Fsp3) is 0.421. The molecule has 124 valence electrons. The maximum atomic E-state index is 11.7. The standard InChI is InChI=1S/C19H23Cl2NO/c1-12(2)13(3)22-19(23)7-5-4-6-14-10-16(14)15-8-9-17(20)18(21)11-15/h4-9,11-14,16H,10H2,1-3H3,(H,22,23)/t13?,14-,16-/m1/s1. The molecule has 4 heteroatoms. The summed E-state index contributed by atoms with van der Waals surface area (Å²) in [5, 5.41) is 4.14. The van der Waals surface area contributed by atoms with Gasteiger partial charge in [0, 0.05) is 12.1 Å². The summed E-state index contributed by atoms with van der Waals surface area (Å²) >= 11 is 12.0. The smallest absolute Gasteiger partial charge is 0.244 e. The van der Waals surface area contributed by atoms with Gasteiger partial charge in [-0.1, -0.05) is 61.3 Å². The first-order valence-corrected chi connectivity index (χ1v) is 8.74. The fourth-order valence-electron chi connectivity index (χ4n) is 2.34. The highest BCUT2D eigenvalue weighted by Crippen LogP contribution is 2.49. The summed E-state index contributed by atoms with van der Waals surface area (Å²) in [7, 11) is 0. The molecule has 1 aliphatic carbocycles. The lowest BCUT2D eigenvalue weighted by molar-refractivity contribution is -0.117. The maximum Gasteiger partial charge on any atom is 0.244 e. The Morgan fingerprint density at radius 2 is 1.96 bits per heavy atom. The molecule has 1 aromatic rings. The molecule has 1 amide bonds. The van der Waals surface area contributed by atoms with E-state index in [9.17, 15) is 4.79 Å². The van der Waals surface area contributed by atoms with Crippen molar-refractivity contribution < 1.29 is 4.79 Å². The molecule has 0 spiro atoms. The summed E-state index contributed by atoms with van der Waals surface area (Å²) in [4.78, 5) is 11.7. The Kier molecular flexibility index (Phi) is 6.32. The Morgan fingerprint density at radius 3 is 2.61 bits per heavy atom. The summed E-state index contributed by atoms with van der Waals surface area (Å²) in [5.74, 6) is 1.40. The minimum atomic E-state index is -0.0484. The number of carbonyl (C=O) groups excluding carboxylic acids is 1. The van der Waals surface area contributed by atoms with Gasteiger partial charge in [0.15, 0.2) is 0 Å². The lowest BCUT2D eigenvalue weighted by Gasteiger charge is -2.15. The third kappa shape index (κ3) is 5.40. The summed E-state index contributed by atoms with van der Waals surface area (Å²) in [6.45, 7) is 6.19. The number of amides is 1. The van der Waals surface area contributed by atoms with E-state index in [4.69, 9.17) is 23.2 Å². The van der Waals surface area contributed by atoms with Gasteiger partial charge in [0.1, 0.15) is 0 Å². The third-order valence-electron chi connectivity index (χ3n) is 4.30. The van der Waals surface area contributed by atoms with Crippen LogP contribution in [0, 0.1) is 11.8 Å². The van der Waals surface area contributed by atoms with Crippen molar-refractivity contribution in [1.82, 2.24) is 5.32 Å². The van der Waals surface area contributed by atoms with Crippen LogP contribution in [0.15, 0.2) is 42.5 Å². The highest BCUT2D eigenvalue weighted by atomic mass is 35.5. The van der Waals surface area contributed by atoms with Crippen molar-refractivity contribution in [3.05, 3.63) is 58.1 Å². The highest BCUT2D eigenvalue weighted by molar-refractivity contribution is 6.42. The molecule has 1 aliphatic rings. The average molecular weight is 352 g/mol. The van der Waals surface area contributed by atoms with Crippen LogP contribution in [-0.4, -0.2) is 11.9 Å². The van der Waals surface area contributed by atoms with Gasteiger partial charge in [-0.05, 0) is 48.8 Å². The lowest BCUT2D eigenvalue weighted by atomic mass is 10.1. The number of allylic oxidation sites excluding steroid dienone is 3. The van der Waals surface area contributed by atoms with E-state index in [0.717, 1.165) is 6.42 Å². The normalized spacial score (nSPS) is 22.0. The monoisotopic (exact) mass is 351 g/mol. The van der Waals surface area contributed by atoms with E-state index in [1.54, 1.807) is 12.2 Å². The predicted molar refractivity (Wildman–Crippen MR) is 98.0 cm³/mol. The van der Waals surface area contributed by atoms with Crippen LogP contribution in [0.2, 0.25) is 10.0 Å². The maximum absolute atomic E-state index is 11.7. The van der Waals surface area contributed by atoms with E-state index in [0.29, 0.717) is 27.8 Å². The molecule has 3 atom stereocenters. The summed E-state index contributed by atoms with van der Waals surface area (Å²) < 4.78 is 0. The van der Waals surface area contributed by atoms with Gasteiger partial charge in [-0.3, -0.25) is 4.79 Å². The van der Waals surface area contributed by atoms with Gasteiger partial charge in [0.05, 0.1) is 10.0 Å². The molecule has 0 heterocycles. The van der Waals surface area contributed by atoms with E-state index in [1.165, 1.54) is 5.56 Å². The van der Waals surface area contributed by atoms with Crippen LogP contribution in [0.25, 0.3) is 0 Å². The van der Waals surface area contributed by atoms with Gasteiger partial charge in [-0.25, -0.2) is 0 Å². The minimum Gasteiger partial charge on any atom is -0.350 e. The quantitative estimate of drug-likeness (QED) is 0.541. The summed E-state index contributed by atoms with van der Waals surface area (Å²) in [6.07, 6.45) is 8.57. The van der Waals surface area contributed by atoms with Crippen molar-refractivity contribution in [2.75, 3.05) is 0 Å². The molecule has 1 saturated carbocycles. The Balaban J connectivity index is 1.80. The van der Waals surface area contributed by atoms with Gasteiger partial charge in [0.2, 0.25) is 5.91 Å². The molecule has 0 aromatic heterocycles. The molecule has 0 bridgehead atoms. The zero-order chi connectivity index (χ0) is 17.0. The van der Waals surface area contributed by atoms with E-state index < -0.39 is 0 Å². The molecule has 0 aliphatic heterocycles. The Labute approximate surface area is 148 Å². The highest BCUT2D eigenvalue weighted by Gasteiger charge is 2.36. The van der Waals surface area contributed by atoms with E-state index in [1.807, 2.05) is 31.2 Å². The number of rotatable bonds is 6. The van der Waals surface area contributed by atoms with Crippen LogP contribution in [0.3, 0.4) is 0 Å². The molecule has 1 N–H and O–H groups in total. The predicted octanol–water partition coefficient (Wildman–Crippen LogP) is 5.37. The minimum absolute atomic E-state index is 0.0484. The van der Waals surface area contributed by atoms with Crippen LogP contribution in [0.4, 0.5) is 0 Å². The molecular formula is C19H23Cl2NO. The van der Waals surface area contributed by atoms with Gasteiger partial charge >= 0.3 is 0 Å². The second-order valence-corrected chi connectivity index (χ2v) is 7.28. The molecule has 2 rings (SSSR count). The number of halogens is 2. The molecule has 0 saturated heterocycles. The molecule has 1 aromatic carbocycles. The third-order valence-corrected chi connectivity index (χ3v) is 5.04. The number of nitrogens with one attached hydrogen (secondary N) is 1. The molecule has 23 heavy (non-hydrogen) atoms. The zero-order valence-electron chi connectivity index (χ0n) is 13.7. The van der Waals surface area contributed by atoms with Crippen LogP contribution < -0.4 is 5.32 Å². The summed E-state index contributed by atoms with van der Waals surface area (Å²) in [5.41, 5.74) is 1.22. The van der Waals surface area contributed by atoms with Gasteiger partial charge in [0.25, 0.3) is 0 Å². The molecule has 1 fully saturated rings. The van der Waals surface area contributed by atoms with Crippen molar-refractivity contribution in [1.29, 1.82) is 0 Å². The average Bonchev–Trinajstić information content (AvgIpc) is 3.26. The van der Waals surface area contributed by atoms with Crippen molar-refractivity contribution in [3.63, 3.8) is 0 Å². The molecule has 2 nitrogen and oxygen atoms in total. The first kappa shape index (κ1) is 18.1. The van der Waals surface area contributed by atoms with Gasteiger partial charge < -0.3 is 5.32 Å². The van der Waals surface area contributed by atoms with Crippen molar-refractivity contribution in [3.8, 4) is 0 Å². The zero-order valence-corrected chi connectivity index (χ0v) is 15.2. The van der Waals surface area contributed by atoms with Gasteiger partial charge in [-0.2, -0.15) is 0 Å². The van der Waals surface area contributed by atoms with Crippen LogP contribution in [-0.2, 0) is 4.79 Å². The summed E-state index contributed by atoms with van der Waals surface area (Å²) in [6, 6.07) is 6.00. The second kappa shape index (κ2) is 8.03. The molecular weight excluding hydrogens is 329 g/mol. The number of benzene rings is 1. The number of hydrogen-bond acceptors (Lipinski definition) is 1. The Hall–Kier alpha value is -1.25. The van der Waals surface area contributed by atoms with Crippen LogP contribution >= 0.6 is 23.2 Å². The van der Waals surface area contributed by atoms with E-state index >= 15 is 0 Å². The molecule has 0 radical (unpaired) electrons. The van der Waals surface area contributed by atoms with E-state index in [-0.39, 0.29) is 11.9 Å². The first-order chi connectivity index (χ1) is 10.9. The largest absolute Gasteiger partial charge is 0.350 e. The lowest BCUT2D eigenvalue weighted by Crippen LogP contribution is -2.34. The van der Waals surface area contributed by atoms with Gasteiger partial charge in [-0.15, -0.1) is 0 Å². The van der Waals surface area contributed by atoms with Crippen molar-refractivity contribution in [2.45, 2.75) is 39.2 Å². The SMILES string of the molecule is CC(C)C(C)NC(=O)C=CC=C[C@@H]1C[C@H]1c1ccc(Cl)c(Cl)c1. The number of hydrogen-bond donors (Lipinski definition) is 1. The van der Waals surface area contributed by atoms with Crippen LogP contribution in [0.1, 0.15) is 38.7 Å². The second-order valence-electron chi connectivity index (χ2n) is 6.46. The van der Waals surface area contributed by atoms with Crippen molar-refractivity contribution >= 4 is 29.1 Å². The number of carbonyl (C=O) groups is 1. The molecule has 1 unspecified atom stereocenters. The first-order valence-electron chi connectivity index (χ1n) is 7.98. The Morgan fingerprint density at radius 1 is 1.22 bits per heavy atom. The van der Waals surface area contributed by atoms with Crippen LogP contribution in [0.5, 0.6) is 0 Å². The van der Waals surface area contributed by atoms with Crippen molar-refractivity contribution in [2.24, 2.45) is 11.8 Å². The fourth-order valence-corrected chi connectivity index (χ4v) is 2.65. The Bertz CT molecular complexity index is 622. The topological polar surface area (TPSA) is 29.1 Å². The van der Waals surface area contributed by atoms with E-state index in [2.05, 4.69) is 25.2 Å².